The van der Waals surface area contributed by atoms with Gasteiger partial charge in [-0.25, -0.2) is 13.8 Å². The molecular formula is C28H22F2N8O. The molecule has 11 heteroatoms. The molecule has 0 aliphatic rings. The lowest BCUT2D eigenvalue weighted by Crippen LogP contribution is -2.10. The number of nitrogens with one attached hydrogen (secondary N) is 2. The van der Waals surface area contributed by atoms with Crippen LogP contribution in [0.4, 0.5) is 14.5 Å². The van der Waals surface area contributed by atoms with Crippen LogP contribution in [0.1, 0.15) is 19.8 Å². The van der Waals surface area contributed by atoms with Crippen LogP contribution in [-0.4, -0.2) is 40.6 Å². The number of aromatic nitrogens is 7. The van der Waals surface area contributed by atoms with Crippen molar-refractivity contribution in [1.82, 2.24) is 34.7 Å². The molecule has 1 aromatic carbocycles. The minimum atomic E-state index is -0.609. The van der Waals surface area contributed by atoms with Gasteiger partial charge in [0.2, 0.25) is 5.91 Å². The van der Waals surface area contributed by atoms with Crippen LogP contribution >= 0.6 is 0 Å². The van der Waals surface area contributed by atoms with Crippen molar-refractivity contribution in [2.24, 2.45) is 7.05 Å². The molecule has 0 aliphatic carbocycles. The van der Waals surface area contributed by atoms with Crippen LogP contribution < -0.4 is 5.32 Å². The highest BCUT2D eigenvalue weighted by Crippen LogP contribution is 2.35. The molecule has 6 aromatic rings. The molecule has 0 bridgehead atoms. The Balaban J connectivity index is 1.48. The molecule has 0 saturated heterocycles. The highest BCUT2D eigenvalue weighted by Gasteiger charge is 2.23. The summed E-state index contributed by atoms with van der Waals surface area (Å²) in [6.45, 7) is 1.91. The lowest BCUT2D eigenvalue weighted by Gasteiger charge is -2.08. The summed E-state index contributed by atoms with van der Waals surface area (Å²) in [5, 5.41) is 7.51. The zero-order chi connectivity index (χ0) is 27.1. The number of hydrogen-bond donors (Lipinski definition) is 2. The van der Waals surface area contributed by atoms with E-state index in [4.69, 9.17) is 0 Å². The van der Waals surface area contributed by atoms with Gasteiger partial charge in [-0.1, -0.05) is 25.1 Å². The SMILES string of the molecule is CCCC(=O)Nc1cncc(-c2ncc3c(c(-c4nc5c(-c6ccccc6F)cncc5[nH]4)nn3C)c2F)c1. The number of pyridine rings is 3. The van der Waals surface area contributed by atoms with Gasteiger partial charge in [0, 0.05) is 42.6 Å². The maximum absolute atomic E-state index is 16.1. The first-order chi connectivity index (χ1) is 18.9. The Morgan fingerprint density at radius 2 is 1.85 bits per heavy atom. The second-order valence-electron chi connectivity index (χ2n) is 9.06. The summed E-state index contributed by atoms with van der Waals surface area (Å²) in [5.41, 5.74) is 3.53. The number of benzene rings is 1. The summed E-state index contributed by atoms with van der Waals surface area (Å²) >= 11 is 0. The second kappa shape index (κ2) is 9.67. The number of nitrogens with zero attached hydrogens (tertiary/aromatic N) is 6. The van der Waals surface area contributed by atoms with E-state index in [2.05, 4.69) is 35.3 Å². The molecule has 1 amide bonds. The van der Waals surface area contributed by atoms with Gasteiger partial charge < -0.3 is 10.3 Å². The molecule has 6 rings (SSSR count). The Morgan fingerprint density at radius 3 is 2.67 bits per heavy atom. The van der Waals surface area contributed by atoms with Crippen molar-refractivity contribution in [3.05, 3.63) is 73.0 Å². The van der Waals surface area contributed by atoms with Crippen LogP contribution in [0.3, 0.4) is 0 Å². The number of aryl methyl sites for hydroxylation is 1. The highest BCUT2D eigenvalue weighted by molar-refractivity contribution is 5.98. The zero-order valence-corrected chi connectivity index (χ0v) is 21.0. The van der Waals surface area contributed by atoms with E-state index in [-0.39, 0.29) is 22.7 Å². The predicted molar refractivity (Wildman–Crippen MR) is 144 cm³/mol. The summed E-state index contributed by atoms with van der Waals surface area (Å²) in [5.74, 6) is -0.856. The third-order valence-electron chi connectivity index (χ3n) is 6.39. The lowest BCUT2D eigenvalue weighted by atomic mass is 10.1. The van der Waals surface area contributed by atoms with Crippen LogP contribution in [0.25, 0.3) is 55.8 Å². The first-order valence-corrected chi connectivity index (χ1v) is 12.3. The number of carbonyl (C=O) groups is 1. The summed E-state index contributed by atoms with van der Waals surface area (Å²) in [6.07, 6.45) is 8.71. The summed E-state index contributed by atoms with van der Waals surface area (Å²) < 4.78 is 32.2. The number of aromatic amines is 1. The molecule has 2 N–H and O–H groups in total. The second-order valence-corrected chi connectivity index (χ2v) is 9.06. The molecule has 0 fully saturated rings. The van der Waals surface area contributed by atoms with Crippen molar-refractivity contribution in [3.63, 3.8) is 0 Å². The van der Waals surface area contributed by atoms with E-state index >= 15 is 4.39 Å². The normalized spacial score (nSPS) is 11.4. The average molecular weight is 525 g/mol. The first kappa shape index (κ1) is 24.3. The van der Waals surface area contributed by atoms with E-state index < -0.39 is 11.6 Å². The van der Waals surface area contributed by atoms with E-state index in [1.54, 1.807) is 43.7 Å². The van der Waals surface area contributed by atoms with Gasteiger partial charge >= 0.3 is 0 Å². The average Bonchev–Trinajstić information content (AvgIpc) is 3.51. The van der Waals surface area contributed by atoms with Crippen molar-refractivity contribution in [2.75, 3.05) is 5.32 Å². The van der Waals surface area contributed by atoms with Gasteiger partial charge in [-0.3, -0.25) is 24.4 Å². The molecule has 0 unspecified atom stereocenters. The van der Waals surface area contributed by atoms with Gasteiger partial charge in [0.1, 0.15) is 22.7 Å². The molecular weight excluding hydrogens is 502 g/mol. The number of halogens is 2. The maximum atomic E-state index is 16.1. The molecule has 0 saturated carbocycles. The first-order valence-electron chi connectivity index (χ1n) is 12.3. The van der Waals surface area contributed by atoms with Crippen molar-refractivity contribution >= 4 is 33.5 Å². The van der Waals surface area contributed by atoms with Gasteiger partial charge in [-0.05, 0) is 18.6 Å². The summed E-state index contributed by atoms with van der Waals surface area (Å²) in [4.78, 5) is 32.6. The highest BCUT2D eigenvalue weighted by atomic mass is 19.1. The van der Waals surface area contributed by atoms with Crippen LogP contribution in [0.15, 0.2) is 61.3 Å². The van der Waals surface area contributed by atoms with Crippen LogP contribution in [0.5, 0.6) is 0 Å². The molecule has 39 heavy (non-hydrogen) atoms. The van der Waals surface area contributed by atoms with Crippen molar-refractivity contribution < 1.29 is 13.6 Å². The van der Waals surface area contributed by atoms with Crippen LogP contribution in [0, 0.1) is 11.6 Å². The number of imidazole rings is 1. The number of amides is 1. The standard InChI is InChI=1S/C28H22F2N8O/c1-3-6-22(39)34-16-9-15(10-31-11-16)25-24(30)23-21(14-33-25)38(2)37-27(23)28-35-20-13-32-12-18(26(20)36-28)17-7-4-5-8-19(17)29/h4-5,7-14H,3,6H2,1-2H3,(H,34,39)(H,35,36). The molecule has 5 aromatic heterocycles. The minimum absolute atomic E-state index is 0.0562. The molecule has 0 aliphatic heterocycles. The zero-order valence-electron chi connectivity index (χ0n) is 21.0. The minimum Gasteiger partial charge on any atom is -0.335 e. The molecule has 0 atom stereocenters. The van der Waals surface area contributed by atoms with Gasteiger partial charge in [-0.15, -0.1) is 0 Å². The Kier molecular flexibility index (Phi) is 6.02. The Labute approximate surface area is 221 Å². The third-order valence-corrected chi connectivity index (χ3v) is 6.39. The number of carbonyl (C=O) groups excluding carboxylic acids is 1. The van der Waals surface area contributed by atoms with Crippen molar-refractivity contribution in [3.8, 4) is 33.9 Å². The summed E-state index contributed by atoms with van der Waals surface area (Å²) in [7, 11) is 1.69. The quantitative estimate of drug-likeness (QED) is 0.291. The molecule has 0 radical (unpaired) electrons. The third kappa shape index (κ3) is 4.27. The van der Waals surface area contributed by atoms with E-state index in [1.165, 1.54) is 29.3 Å². The van der Waals surface area contributed by atoms with Gasteiger partial charge in [0.05, 0.1) is 40.7 Å². The summed E-state index contributed by atoms with van der Waals surface area (Å²) in [6, 6.07) is 8.00. The van der Waals surface area contributed by atoms with Crippen molar-refractivity contribution in [1.29, 1.82) is 0 Å². The van der Waals surface area contributed by atoms with E-state index in [1.807, 2.05) is 6.92 Å². The lowest BCUT2D eigenvalue weighted by molar-refractivity contribution is -0.116. The van der Waals surface area contributed by atoms with Crippen molar-refractivity contribution in [2.45, 2.75) is 19.8 Å². The van der Waals surface area contributed by atoms with Gasteiger partial charge in [0.25, 0.3) is 0 Å². The van der Waals surface area contributed by atoms with E-state index in [0.717, 1.165) is 0 Å². The predicted octanol–water partition coefficient (Wildman–Crippen LogP) is 5.65. The van der Waals surface area contributed by atoms with Gasteiger partial charge in [-0.2, -0.15) is 5.10 Å². The monoisotopic (exact) mass is 524 g/mol. The van der Waals surface area contributed by atoms with Crippen LogP contribution in [0.2, 0.25) is 0 Å². The topological polar surface area (TPSA) is 114 Å². The van der Waals surface area contributed by atoms with Gasteiger partial charge in [0.15, 0.2) is 11.6 Å². The fourth-order valence-electron chi connectivity index (χ4n) is 4.58. The number of fused-ring (bicyclic) bond motifs is 2. The van der Waals surface area contributed by atoms with E-state index in [9.17, 15) is 9.18 Å². The Morgan fingerprint density at radius 1 is 1.03 bits per heavy atom. The number of rotatable bonds is 6. The van der Waals surface area contributed by atoms with Crippen LogP contribution in [-0.2, 0) is 11.8 Å². The Hall–Kier alpha value is -5.06. The largest absolute Gasteiger partial charge is 0.335 e. The number of hydrogen-bond acceptors (Lipinski definition) is 6. The number of anilines is 1. The molecule has 5 heterocycles. The molecule has 194 valence electrons. The van der Waals surface area contributed by atoms with E-state index in [0.29, 0.717) is 57.6 Å². The smallest absolute Gasteiger partial charge is 0.224 e. The fourth-order valence-corrected chi connectivity index (χ4v) is 4.58. The fraction of sp³-hybridized carbons (Fsp3) is 0.143. The number of H-pyrrole nitrogens is 1. The maximum Gasteiger partial charge on any atom is 0.224 e. The molecule has 0 spiro atoms. The molecule has 9 nitrogen and oxygen atoms in total. The Bertz CT molecular complexity index is 1880.